The third-order valence-electron chi connectivity index (χ3n) is 2.02. The van der Waals surface area contributed by atoms with Gasteiger partial charge in [-0.3, -0.25) is 0 Å². The molecule has 78 valence electrons. The molecule has 0 unspecified atom stereocenters. The second kappa shape index (κ2) is 4.18. The molecule has 0 amide bonds. The largest absolute Gasteiger partial charge is 0.224 e. The molecule has 0 aliphatic carbocycles. The van der Waals surface area contributed by atoms with Gasteiger partial charge < -0.3 is 0 Å². The van der Waals surface area contributed by atoms with Crippen molar-refractivity contribution in [2.24, 2.45) is 0 Å². The van der Waals surface area contributed by atoms with E-state index in [0.29, 0.717) is 10.8 Å². The Morgan fingerprint density at radius 1 is 1.29 bits per heavy atom. The second-order valence-electron chi connectivity index (χ2n) is 3.61. The first kappa shape index (κ1) is 12.0. The minimum atomic E-state index is -3.07. The van der Waals surface area contributed by atoms with Gasteiger partial charge >= 0.3 is 0 Å². The van der Waals surface area contributed by atoms with Gasteiger partial charge in [-0.1, -0.05) is 19.9 Å². The lowest BCUT2D eigenvalue weighted by atomic mass is 10.0. The van der Waals surface area contributed by atoms with E-state index < -0.39 is 9.84 Å². The Balaban J connectivity index is 3.27. The smallest absolute Gasteiger partial charge is 0.175 e. The van der Waals surface area contributed by atoms with Gasteiger partial charge in [0.15, 0.2) is 9.84 Å². The highest BCUT2D eigenvalue weighted by atomic mass is 127. The fourth-order valence-corrected chi connectivity index (χ4v) is 3.20. The normalized spacial score (nSPS) is 12.1. The van der Waals surface area contributed by atoms with E-state index in [1.807, 2.05) is 6.07 Å². The Morgan fingerprint density at radius 3 is 2.21 bits per heavy atom. The molecule has 0 bridgehead atoms. The molecule has 0 aliphatic rings. The summed E-state index contributed by atoms with van der Waals surface area (Å²) in [5.74, 6) is 0.426. The molecule has 0 heterocycles. The summed E-state index contributed by atoms with van der Waals surface area (Å²) in [5, 5.41) is 0. The molecule has 0 atom stereocenters. The van der Waals surface area contributed by atoms with Crippen molar-refractivity contribution in [3.05, 3.63) is 27.3 Å². The summed E-state index contributed by atoms with van der Waals surface area (Å²) in [6, 6.07) is 5.29. The average molecular weight is 324 g/mol. The molecule has 0 saturated carbocycles. The van der Waals surface area contributed by atoms with E-state index in [1.54, 1.807) is 12.1 Å². The predicted octanol–water partition coefficient (Wildman–Crippen LogP) is 2.82. The maximum atomic E-state index is 11.3. The second-order valence-corrected chi connectivity index (χ2v) is 6.79. The van der Waals surface area contributed by atoms with Gasteiger partial charge in [0.05, 0.1) is 4.90 Å². The third-order valence-corrected chi connectivity index (χ3v) is 4.07. The Kier molecular flexibility index (Phi) is 3.58. The minimum absolute atomic E-state index is 0.395. The lowest BCUT2D eigenvalue weighted by molar-refractivity contribution is 0.601. The lowest BCUT2D eigenvalue weighted by Gasteiger charge is -2.09. The van der Waals surface area contributed by atoms with Gasteiger partial charge in [0.1, 0.15) is 0 Å². The number of halogens is 1. The molecule has 14 heavy (non-hydrogen) atoms. The van der Waals surface area contributed by atoms with Gasteiger partial charge in [0, 0.05) is 9.83 Å². The van der Waals surface area contributed by atoms with E-state index in [-0.39, 0.29) is 0 Å². The first-order valence-electron chi connectivity index (χ1n) is 4.32. The number of hydrogen-bond donors (Lipinski definition) is 0. The van der Waals surface area contributed by atoms with Crippen LogP contribution in [0.4, 0.5) is 0 Å². The van der Waals surface area contributed by atoms with Crippen LogP contribution in [0.25, 0.3) is 0 Å². The first-order valence-corrected chi connectivity index (χ1v) is 7.29. The van der Waals surface area contributed by atoms with Crippen LogP contribution >= 0.6 is 22.6 Å². The molecule has 0 aliphatic heterocycles. The van der Waals surface area contributed by atoms with Crippen molar-refractivity contribution in [1.82, 2.24) is 0 Å². The molecule has 0 fully saturated rings. The molecular formula is C10H13IO2S. The van der Waals surface area contributed by atoms with Crippen LogP contribution in [0, 0.1) is 3.57 Å². The highest BCUT2D eigenvalue weighted by Gasteiger charge is 2.10. The van der Waals surface area contributed by atoms with Crippen molar-refractivity contribution in [2.75, 3.05) is 6.26 Å². The fourth-order valence-electron chi connectivity index (χ4n) is 1.21. The summed E-state index contributed by atoms with van der Waals surface area (Å²) in [6.07, 6.45) is 1.23. The summed E-state index contributed by atoms with van der Waals surface area (Å²) >= 11 is 2.18. The Labute approximate surface area is 98.8 Å². The monoisotopic (exact) mass is 324 g/mol. The van der Waals surface area contributed by atoms with Crippen molar-refractivity contribution < 1.29 is 8.42 Å². The average Bonchev–Trinajstić information content (AvgIpc) is 2.01. The summed E-state index contributed by atoms with van der Waals surface area (Å²) in [6.45, 7) is 4.19. The number of sulfone groups is 1. The van der Waals surface area contributed by atoms with Crippen LogP contribution in [0.5, 0.6) is 0 Å². The number of hydrogen-bond acceptors (Lipinski definition) is 2. The first-order chi connectivity index (χ1) is 6.32. The number of benzene rings is 1. The topological polar surface area (TPSA) is 34.1 Å². The third kappa shape index (κ3) is 2.70. The molecule has 2 nitrogen and oxygen atoms in total. The van der Waals surface area contributed by atoms with E-state index in [2.05, 4.69) is 36.4 Å². The van der Waals surface area contributed by atoms with Gasteiger partial charge in [0.25, 0.3) is 0 Å². The van der Waals surface area contributed by atoms with Crippen LogP contribution in [0.15, 0.2) is 23.1 Å². The number of rotatable bonds is 2. The van der Waals surface area contributed by atoms with Crippen molar-refractivity contribution >= 4 is 32.4 Å². The van der Waals surface area contributed by atoms with Crippen molar-refractivity contribution in [3.8, 4) is 0 Å². The Morgan fingerprint density at radius 2 is 1.86 bits per heavy atom. The summed E-state index contributed by atoms with van der Waals surface area (Å²) < 4.78 is 23.5. The summed E-state index contributed by atoms with van der Waals surface area (Å²) in [5.41, 5.74) is 1.19. The molecule has 1 aromatic carbocycles. The van der Waals surface area contributed by atoms with E-state index in [0.717, 1.165) is 3.57 Å². The zero-order valence-corrected chi connectivity index (χ0v) is 11.4. The van der Waals surface area contributed by atoms with Gasteiger partial charge in [-0.05, 0) is 46.2 Å². The van der Waals surface area contributed by atoms with E-state index >= 15 is 0 Å². The zero-order chi connectivity index (χ0) is 10.9. The molecule has 0 radical (unpaired) electrons. The molecule has 1 rings (SSSR count). The molecular weight excluding hydrogens is 311 g/mol. The summed E-state index contributed by atoms with van der Waals surface area (Å²) in [4.78, 5) is 0.395. The van der Waals surface area contributed by atoms with Gasteiger partial charge in [-0.2, -0.15) is 0 Å². The molecule has 0 N–H and O–H groups in total. The van der Waals surface area contributed by atoms with Gasteiger partial charge in [-0.15, -0.1) is 0 Å². The fraction of sp³-hybridized carbons (Fsp3) is 0.400. The molecule has 0 saturated heterocycles. The molecule has 0 spiro atoms. The van der Waals surface area contributed by atoms with Crippen molar-refractivity contribution in [2.45, 2.75) is 24.7 Å². The van der Waals surface area contributed by atoms with E-state index in [9.17, 15) is 8.42 Å². The van der Waals surface area contributed by atoms with Crippen LogP contribution in [-0.4, -0.2) is 14.7 Å². The van der Waals surface area contributed by atoms with Crippen LogP contribution < -0.4 is 0 Å². The predicted molar refractivity (Wildman–Crippen MR) is 66.4 cm³/mol. The maximum absolute atomic E-state index is 11.3. The van der Waals surface area contributed by atoms with Crippen LogP contribution in [0.3, 0.4) is 0 Å². The quantitative estimate of drug-likeness (QED) is 0.784. The standard InChI is InChI=1S/C10H13IO2S/c1-7(2)9-5-4-8(6-10(9)11)14(3,12)13/h4-7H,1-3H3. The van der Waals surface area contributed by atoms with Gasteiger partial charge in [0.2, 0.25) is 0 Å². The van der Waals surface area contributed by atoms with Crippen LogP contribution in [-0.2, 0) is 9.84 Å². The van der Waals surface area contributed by atoms with Crippen molar-refractivity contribution in [1.29, 1.82) is 0 Å². The highest BCUT2D eigenvalue weighted by Crippen LogP contribution is 2.23. The van der Waals surface area contributed by atoms with E-state index in [4.69, 9.17) is 0 Å². The molecule has 0 aromatic heterocycles. The SMILES string of the molecule is CC(C)c1ccc(S(C)(=O)=O)cc1I. The minimum Gasteiger partial charge on any atom is -0.224 e. The lowest BCUT2D eigenvalue weighted by Crippen LogP contribution is -2.00. The van der Waals surface area contributed by atoms with Gasteiger partial charge in [-0.25, -0.2) is 8.42 Å². The molecule has 4 heteroatoms. The maximum Gasteiger partial charge on any atom is 0.175 e. The Hall–Kier alpha value is -0.100. The summed E-state index contributed by atoms with van der Waals surface area (Å²) in [7, 11) is -3.07. The zero-order valence-electron chi connectivity index (χ0n) is 8.41. The molecule has 1 aromatic rings. The van der Waals surface area contributed by atoms with E-state index in [1.165, 1.54) is 11.8 Å². The van der Waals surface area contributed by atoms with Crippen LogP contribution in [0.2, 0.25) is 0 Å². The van der Waals surface area contributed by atoms with Crippen LogP contribution in [0.1, 0.15) is 25.3 Å². The van der Waals surface area contributed by atoms with Crippen molar-refractivity contribution in [3.63, 3.8) is 0 Å². The Bertz CT molecular complexity index is 435. The highest BCUT2D eigenvalue weighted by molar-refractivity contribution is 14.1.